The summed E-state index contributed by atoms with van der Waals surface area (Å²) in [6, 6.07) is 5.76. The van der Waals surface area contributed by atoms with Gasteiger partial charge in [-0.05, 0) is 55.5 Å². The molecule has 0 bridgehead atoms. The number of hydrogen-bond donors (Lipinski definition) is 1. The maximum absolute atomic E-state index is 13.0. The molecule has 0 spiro atoms. The molecule has 2 heteroatoms. The second kappa shape index (κ2) is 4.31. The first-order chi connectivity index (χ1) is 7.26. The molecule has 2 rings (SSSR count). The first-order valence-electron chi connectivity index (χ1n) is 5.71. The van der Waals surface area contributed by atoms with Crippen molar-refractivity contribution in [2.45, 2.75) is 38.1 Å². The normalized spacial score (nSPS) is 21.4. The number of hydrogen-bond acceptors (Lipinski definition) is 1. The predicted molar refractivity (Wildman–Crippen MR) is 60.6 cm³/mol. The Hall–Kier alpha value is -0.890. The molecule has 1 N–H and O–H groups in total. The van der Waals surface area contributed by atoms with Crippen LogP contribution in [0, 0.1) is 5.82 Å². The topological polar surface area (TPSA) is 12.0 Å². The van der Waals surface area contributed by atoms with Crippen molar-refractivity contribution < 1.29 is 4.39 Å². The zero-order valence-corrected chi connectivity index (χ0v) is 9.39. The van der Waals surface area contributed by atoms with E-state index in [0.717, 1.165) is 19.3 Å². The van der Waals surface area contributed by atoms with Crippen LogP contribution in [0.3, 0.4) is 0 Å². The zero-order valence-electron chi connectivity index (χ0n) is 9.39. The highest BCUT2D eigenvalue weighted by molar-refractivity contribution is 5.36. The van der Waals surface area contributed by atoms with Crippen molar-refractivity contribution >= 4 is 0 Å². The molecule has 0 fully saturated rings. The highest BCUT2D eigenvalue weighted by Gasteiger charge is 2.27. The Morgan fingerprint density at radius 1 is 1.53 bits per heavy atom. The molecule has 1 aliphatic rings. The van der Waals surface area contributed by atoms with Crippen LogP contribution in [-0.4, -0.2) is 13.1 Å². The second-order valence-electron chi connectivity index (χ2n) is 4.29. The number of fused-ring (bicyclic) bond motifs is 1. The largest absolute Gasteiger partial charge is 0.316 e. The van der Waals surface area contributed by atoms with Gasteiger partial charge in [-0.1, -0.05) is 13.0 Å². The molecule has 1 nitrogen and oxygen atoms in total. The van der Waals surface area contributed by atoms with Crippen LogP contribution in [0.15, 0.2) is 18.2 Å². The molecule has 15 heavy (non-hydrogen) atoms. The van der Waals surface area contributed by atoms with Crippen LogP contribution in [0.1, 0.15) is 36.8 Å². The minimum absolute atomic E-state index is 0.105. The third-order valence-corrected chi connectivity index (χ3v) is 3.53. The zero-order chi connectivity index (χ0) is 10.8. The molecular weight excluding hydrogens is 189 g/mol. The molecule has 1 aromatic rings. The van der Waals surface area contributed by atoms with Gasteiger partial charge in [-0.2, -0.15) is 0 Å². The van der Waals surface area contributed by atoms with Crippen LogP contribution in [0.5, 0.6) is 0 Å². The fourth-order valence-corrected chi connectivity index (χ4v) is 2.73. The van der Waals surface area contributed by atoms with Gasteiger partial charge in [0.25, 0.3) is 0 Å². The van der Waals surface area contributed by atoms with E-state index in [2.05, 4.69) is 12.2 Å². The van der Waals surface area contributed by atoms with E-state index in [1.807, 2.05) is 13.1 Å². The maximum atomic E-state index is 13.0. The average Bonchev–Trinajstić information content (AvgIpc) is 2.63. The number of nitrogens with one attached hydrogen (secondary N) is 1. The third-order valence-electron chi connectivity index (χ3n) is 3.53. The lowest BCUT2D eigenvalue weighted by Gasteiger charge is -2.22. The van der Waals surface area contributed by atoms with E-state index in [-0.39, 0.29) is 5.82 Å². The summed E-state index contributed by atoms with van der Waals surface area (Å²) in [4.78, 5) is 0. The number of benzene rings is 1. The van der Waals surface area contributed by atoms with E-state index >= 15 is 0 Å². The number of rotatable bonds is 3. The average molecular weight is 207 g/mol. The van der Waals surface area contributed by atoms with Gasteiger partial charge in [0, 0.05) is 6.04 Å². The van der Waals surface area contributed by atoms with E-state index < -0.39 is 0 Å². The Balaban J connectivity index is 2.28. The molecule has 2 atom stereocenters. The van der Waals surface area contributed by atoms with Gasteiger partial charge in [0.1, 0.15) is 5.82 Å². The molecule has 0 radical (unpaired) electrons. The van der Waals surface area contributed by atoms with Crippen molar-refractivity contribution in [3.8, 4) is 0 Å². The van der Waals surface area contributed by atoms with Gasteiger partial charge in [0.05, 0.1) is 0 Å². The molecule has 0 amide bonds. The van der Waals surface area contributed by atoms with Crippen molar-refractivity contribution in [1.82, 2.24) is 5.32 Å². The third kappa shape index (κ3) is 1.91. The number of likely N-dealkylation sites (N-methyl/N-ethyl adjacent to an activating group) is 1. The molecular formula is C13H18FN. The maximum Gasteiger partial charge on any atom is 0.123 e. The van der Waals surface area contributed by atoms with Crippen LogP contribution in [0.25, 0.3) is 0 Å². The van der Waals surface area contributed by atoms with Gasteiger partial charge in [0.2, 0.25) is 0 Å². The molecule has 2 unspecified atom stereocenters. The van der Waals surface area contributed by atoms with Crippen molar-refractivity contribution in [3.63, 3.8) is 0 Å². The van der Waals surface area contributed by atoms with Gasteiger partial charge in [-0.25, -0.2) is 4.39 Å². The van der Waals surface area contributed by atoms with E-state index in [0.29, 0.717) is 12.0 Å². The Kier molecular flexibility index (Phi) is 3.06. The first-order valence-corrected chi connectivity index (χ1v) is 5.71. The van der Waals surface area contributed by atoms with Gasteiger partial charge in [0.15, 0.2) is 0 Å². The van der Waals surface area contributed by atoms with Gasteiger partial charge in [-0.15, -0.1) is 0 Å². The fraction of sp³-hybridized carbons (Fsp3) is 0.538. The Morgan fingerprint density at radius 3 is 3.00 bits per heavy atom. The molecule has 82 valence electrons. The van der Waals surface area contributed by atoms with Crippen LogP contribution in [0.4, 0.5) is 4.39 Å². The van der Waals surface area contributed by atoms with Gasteiger partial charge in [-0.3, -0.25) is 0 Å². The predicted octanol–water partition coefficient (Wildman–Crippen LogP) is 2.85. The van der Waals surface area contributed by atoms with Crippen molar-refractivity contribution in [2.24, 2.45) is 0 Å². The summed E-state index contributed by atoms with van der Waals surface area (Å²) in [5.41, 5.74) is 2.55. The van der Waals surface area contributed by atoms with Crippen LogP contribution < -0.4 is 5.32 Å². The van der Waals surface area contributed by atoms with Gasteiger partial charge < -0.3 is 5.32 Å². The Morgan fingerprint density at radius 2 is 2.33 bits per heavy atom. The van der Waals surface area contributed by atoms with Crippen molar-refractivity contribution in [2.75, 3.05) is 7.05 Å². The molecule has 1 aromatic carbocycles. The number of aryl methyl sites for hydroxylation is 1. The molecule has 0 heterocycles. The highest BCUT2D eigenvalue weighted by atomic mass is 19.1. The lowest BCUT2D eigenvalue weighted by Crippen LogP contribution is -2.30. The summed E-state index contributed by atoms with van der Waals surface area (Å²) in [5.74, 6) is 0.461. The first kappa shape index (κ1) is 10.6. The van der Waals surface area contributed by atoms with Crippen LogP contribution in [0.2, 0.25) is 0 Å². The molecule has 0 saturated carbocycles. The minimum Gasteiger partial charge on any atom is -0.316 e. The Labute approximate surface area is 90.7 Å². The summed E-state index contributed by atoms with van der Waals surface area (Å²) < 4.78 is 13.0. The van der Waals surface area contributed by atoms with E-state index in [1.54, 1.807) is 12.1 Å². The summed E-state index contributed by atoms with van der Waals surface area (Å²) in [6.07, 6.45) is 3.30. The molecule has 0 aliphatic heterocycles. The minimum atomic E-state index is -0.105. The monoisotopic (exact) mass is 207 g/mol. The lowest BCUT2D eigenvalue weighted by molar-refractivity contribution is 0.447. The standard InChI is InChI=1S/C13H18FN/c1-3-13(15-2)12-6-4-9-8-10(14)5-7-11(9)12/h5,7-8,12-13,15H,3-4,6H2,1-2H3. The molecule has 0 aromatic heterocycles. The summed E-state index contributed by atoms with van der Waals surface area (Å²) >= 11 is 0. The summed E-state index contributed by atoms with van der Waals surface area (Å²) in [6.45, 7) is 2.20. The molecule has 1 aliphatic carbocycles. The quantitative estimate of drug-likeness (QED) is 0.803. The van der Waals surface area contributed by atoms with E-state index in [4.69, 9.17) is 0 Å². The Bertz CT molecular complexity index is 344. The summed E-state index contributed by atoms with van der Waals surface area (Å²) in [7, 11) is 2.01. The molecule has 0 saturated heterocycles. The van der Waals surface area contributed by atoms with E-state index in [9.17, 15) is 4.39 Å². The van der Waals surface area contributed by atoms with Crippen molar-refractivity contribution in [1.29, 1.82) is 0 Å². The van der Waals surface area contributed by atoms with Crippen molar-refractivity contribution in [3.05, 3.63) is 35.1 Å². The van der Waals surface area contributed by atoms with Crippen LogP contribution >= 0.6 is 0 Å². The van der Waals surface area contributed by atoms with Crippen LogP contribution in [-0.2, 0) is 6.42 Å². The van der Waals surface area contributed by atoms with E-state index in [1.165, 1.54) is 11.1 Å². The lowest BCUT2D eigenvalue weighted by atomic mass is 9.91. The highest BCUT2D eigenvalue weighted by Crippen LogP contribution is 2.36. The van der Waals surface area contributed by atoms with Gasteiger partial charge >= 0.3 is 0 Å². The number of halogens is 1. The SMILES string of the molecule is CCC(NC)C1CCc2cc(F)ccc21. The fourth-order valence-electron chi connectivity index (χ4n) is 2.73. The smallest absolute Gasteiger partial charge is 0.123 e. The second-order valence-corrected chi connectivity index (χ2v) is 4.29. The summed E-state index contributed by atoms with van der Waals surface area (Å²) in [5, 5.41) is 3.36.